The van der Waals surface area contributed by atoms with Crippen LogP contribution in [0.1, 0.15) is 20.3 Å². The number of carbonyl (C=O) groups is 1. The summed E-state index contributed by atoms with van der Waals surface area (Å²) in [6.45, 7) is 4.05. The maximum Gasteiger partial charge on any atom is 0.252 e. The van der Waals surface area contributed by atoms with Crippen molar-refractivity contribution in [3.63, 3.8) is 0 Å². The van der Waals surface area contributed by atoms with E-state index in [1.165, 1.54) is 0 Å². The van der Waals surface area contributed by atoms with Crippen molar-refractivity contribution in [1.29, 1.82) is 0 Å². The van der Waals surface area contributed by atoms with Gasteiger partial charge >= 0.3 is 0 Å². The first-order valence-electron chi connectivity index (χ1n) is 4.14. The molecule has 0 bridgehead atoms. The van der Waals surface area contributed by atoms with Gasteiger partial charge in [-0.15, -0.1) is 0 Å². The normalized spacial score (nSPS) is 36.2. The van der Waals surface area contributed by atoms with Gasteiger partial charge in [0, 0.05) is 6.61 Å². The lowest BCUT2D eigenvalue weighted by Crippen LogP contribution is -2.33. The van der Waals surface area contributed by atoms with E-state index in [1.54, 1.807) is 6.92 Å². The highest BCUT2D eigenvalue weighted by Crippen LogP contribution is 2.38. The number of nitrogens with zero attached hydrogens (tertiary/aromatic N) is 1. The molecule has 0 aromatic rings. The van der Waals surface area contributed by atoms with E-state index in [0.717, 1.165) is 5.06 Å². The summed E-state index contributed by atoms with van der Waals surface area (Å²) in [4.78, 5) is 11.4. The Bertz CT molecular complexity index is 195. The summed E-state index contributed by atoms with van der Waals surface area (Å²) >= 11 is 0. The number of hydrogen-bond acceptors (Lipinski definition) is 3. The largest absolute Gasteiger partial charge is 0.396 e. The lowest BCUT2D eigenvalue weighted by molar-refractivity contribution is -0.164. The smallest absolute Gasteiger partial charge is 0.252 e. The molecule has 1 fully saturated rings. The van der Waals surface area contributed by atoms with Gasteiger partial charge in [0.05, 0.1) is 12.0 Å². The van der Waals surface area contributed by atoms with Crippen LogP contribution in [0.25, 0.3) is 0 Å². The number of hydroxylamine groups is 2. The van der Waals surface area contributed by atoms with Crippen LogP contribution < -0.4 is 0 Å². The third-order valence-corrected chi connectivity index (χ3v) is 2.89. The number of amides is 1. The molecule has 1 heterocycles. The molecule has 0 aromatic heterocycles. The topological polar surface area (TPSA) is 60.8 Å². The minimum Gasteiger partial charge on any atom is -0.396 e. The van der Waals surface area contributed by atoms with Crippen LogP contribution in [0.3, 0.4) is 0 Å². The van der Waals surface area contributed by atoms with E-state index in [9.17, 15) is 4.79 Å². The summed E-state index contributed by atoms with van der Waals surface area (Å²) < 4.78 is 0. The lowest BCUT2D eigenvalue weighted by Gasteiger charge is -2.24. The number of rotatable bonds is 2. The van der Waals surface area contributed by atoms with E-state index >= 15 is 0 Å². The van der Waals surface area contributed by atoms with Crippen molar-refractivity contribution in [3.8, 4) is 0 Å². The van der Waals surface area contributed by atoms with Crippen LogP contribution in [-0.4, -0.2) is 34.4 Å². The van der Waals surface area contributed by atoms with E-state index in [2.05, 4.69) is 0 Å². The average molecular weight is 173 g/mol. The first-order valence-corrected chi connectivity index (χ1v) is 4.14. The standard InChI is InChI=1S/C8H15NO3/c1-6-5-9(12)7(11)8(6,2)3-4-10/h6,10,12H,3-5H2,1-2H3/t6-,8-/m1/s1. The van der Waals surface area contributed by atoms with Crippen molar-refractivity contribution in [1.82, 2.24) is 5.06 Å². The van der Waals surface area contributed by atoms with Gasteiger partial charge in [-0.3, -0.25) is 10.0 Å². The minimum absolute atomic E-state index is 0.0135. The molecule has 0 aliphatic carbocycles. The fourth-order valence-electron chi connectivity index (χ4n) is 1.63. The van der Waals surface area contributed by atoms with Gasteiger partial charge in [-0.2, -0.15) is 0 Å². The minimum atomic E-state index is -0.580. The average Bonchev–Trinajstić information content (AvgIpc) is 2.17. The summed E-state index contributed by atoms with van der Waals surface area (Å²) in [5, 5.41) is 18.6. The molecule has 0 unspecified atom stereocenters. The summed E-state index contributed by atoms with van der Waals surface area (Å²) in [5.41, 5.74) is -0.580. The van der Waals surface area contributed by atoms with Crippen molar-refractivity contribution in [2.75, 3.05) is 13.2 Å². The summed E-state index contributed by atoms with van der Waals surface area (Å²) in [5.74, 6) is -0.175. The Morgan fingerprint density at radius 1 is 1.75 bits per heavy atom. The zero-order chi connectivity index (χ0) is 9.35. The van der Waals surface area contributed by atoms with Gasteiger partial charge in [0.25, 0.3) is 5.91 Å². The Kier molecular flexibility index (Phi) is 2.39. The van der Waals surface area contributed by atoms with Gasteiger partial charge in [-0.05, 0) is 12.3 Å². The lowest BCUT2D eigenvalue weighted by atomic mass is 9.78. The van der Waals surface area contributed by atoms with Crippen molar-refractivity contribution in [2.24, 2.45) is 11.3 Å². The Balaban J connectivity index is 2.80. The highest BCUT2D eigenvalue weighted by molar-refractivity contribution is 5.83. The summed E-state index contributed by atoms with van der Waals surface area (Å²) in [6.07, 6.45) is 0.421. The second-order valence-electron chi connectivity index (χ2n) is 3.68. The second kappa shape index (κ2) is 3.03. The molecule has 1 amide bonds. The molecule has 2 atom stereocenters. The van der Waals surface area contributed by atoms with E-state index < -0.39 is 5.41 Å². The monoisotopic (exact) mass is 173 g/mol. The van der Waals surface area contributed by atoms with Crippen LogP contribution in [0.4, 0.5) is 0 Å². The molecule has 12 heavy (non-hydrogen) atoms. The van der Waals surface area contributed by atoms with Crippen molar-refractivity contribution < 1.29 is 15.1 Å². The molecule has 0 radical (unpaired) electrons. The molecule has 0 spiro atoms. The zero-order valence-corrected chi connectivity index (χ0v) is 7.45. The number of aliphatic hydroxyl groups is 1. The number of aliphatic hydroxyl groups excluding tert-OH is 1. The first kappa shape index (κ1) is 9.48. The molecule has 1 aliphatic rings. The van der Waals surface area contributed by atoms with Crippen LogP contribution in [0, 0.1) is 11.3 Å². The second-order valence-corrected chi connectivity index (χ2v) is 3.68. The van der Waals surface area contributed by atoms with Gasteiger partial charge in [-0.25, -0.2) is 5.06 Å². The quantitative estimate of drug-likeness (QED) is 0.588. The summed E-state index contributed by atoms with van der Waals surface area (Å²) in [6, 6.07) is 0. The molecule has 2 N–H and O–H groups in total. The van der Waals surface area contributed by atoms with Gasteiger partial charge in [0.2, 0.25) is 0 Å². The van der Waals surface area contributed by atoms with Gasteiger partial charge in [0.15, 0.2) is 0 Å². The molecule has 0 aromatic carbocycles. The molecule has 4 heteroatoms. The van der Waals surface area contributed by atoms with Crippen LogP contribution in [0.5, 0.6) is 0 Å². The third kappa shape index (κ3) is 1.21. The predicted molar refractivity (Wildman–Crippen MR) is 42.5 cm³/mol. The van der Waals surface area contributed by atoms with Crippen LogP contribution in [0.15, 0.2) is 0 Å². The molecule has 1 saturated heterocycles. The molecule has 0 saturated carbocycles. The number of carbonyl (C=O) groups excluding carboxylic acids is 1. The van der Waals surface area contributed by atoms with Crippen molar-refractivity contribution >= 4 is 5.91 Å². The van der Waals surface area contributed by atoms with Crippen molar-refractivity contribution in [3.05, 3.63) is 0 Å². The fourth-order valence-corrected chi connectivity index (χ4v) is 1.63. The van der Waals surface area contributed by atoms with E-state index in [-0.39, 0.29) is 18.4 Å². The molecule has 1 rings (SSSR count). The maximum atomic E-state index is 11.4. The third-order valence-electron chi connectivity index (χ3n) is 2.89. The molecule has 4 nitrogen and oxygen atoms in total. The number of hydrogen-bond donors (Lipinski definition) is 2. The molecule has 1 aliphatic heterocycles. The van der Waals surface area contributed by atoms with E-state index in [4.69, 9.17) is 10.3 Å². The summed E-state index contributed by atoms with van der Waals surface area (Å²) in [7, 11) is 0. The maximum absolute atomic E-state index is 11.4. The predicted octanol–water partition coefficient (Wildman–Crippen LogP) is 0.243. The van der Waals surface area contributed by atoms with Crippen molar-refractivity contribution in [2.45, 2.75) is 20.3 Å². The zero-order valence-electron chi connectivity index (χ0n) is 7.45. The molecule has 70 valence electrons. The molecular weight excluding hydrogens is 158 g/mol. The Morgan fingerprint density at radius 2 is 2.33 bits per heavy atom. The Hall–Kier alpha value is -0.610. The van der Waals surface area contributed by atoms with Gasteiger partial charge < -0.3 is 5.11 Å². The highest BCUT2D eigenvalue weighted by Gasteiger charge is 2.47. The fraction of sp³-hybridized carbons (Fsp3) is 0.875. The SMILES string of the molecule is C[C@@H]1CN(O)C(=O)[C@]1(C)CCO. The van der Waals surface area contributed by atoms with Gasteiger partial charge in [-0.1, -0.05) is 13.8 Å². The van der Waals surface area contributed by atoms with Crippen LogP contribution >= 0.6 is 0 Å². The van der Waals surface area contributed by atoms with Gasteiger partial charge in [0.1, 0.15) is 0 Å². The van der Waals surface area contributed by atoms with Crippen LogP contribution in [-0.2, 0) is 4.79 Å². The van der Waals surface area contributed by atoms with E-state index in [1.807, 2.05) is 6.92 Å². The Morgan fingerprint density at radius 3 is 2.67 bits per heavy atom. The van der Waals surface area contributed by atoms with Crippen LogP contribution in [0.2, 0.25) is 0 Å². The first-order chi connectivity index (χ1) is 5.52. The van der Waals surface area contributed by atoms with E-state index in [0.29, 0.717) is 13.0 Å². The molecular formula is C8H15NO3. The Labute approximate surface area is 71.8 Å². The highest BCUT2D eigenvalue weighted by atomic mass is 16.5.